The van der Waals surface area contributed by atoms with Crippen molar-refractivity contribution < 1.29 is 26.4 Å². The monoisotopic (exact) mass is 515 g/mol. The van der Waals surface area contributed by atoms with Crippen LogP contribution in [0.4, 0.5) is 13.2 Å². The third-order valence-corrected chi connectivity index (χ3v) is 8.85. The second-order valence-electron chi connectivity index (χ2n) is 9.43. The Bertz CT molecular complexity index is 1370. The van der Waals surface area contributed by atoms with Gasteiger partial charge in [0.1, 0.15) is 0 Å². The van der Waals surface area contributed by atoms with E-state index < -0.39 is 27.8 Å². The minimum absolute atomic E-state index is 0.0239. The van der Waals surface area contributed by atoms with Crippen molar-refractivity contribution in [1.82, 2.24) is 4.31 Å². The van der Waals surface area contributed by atoms with E-state index in [0.717, 1.165) is 28.8 Å². The van der Waals surface area contributed by atoms with Crippen LogP contribution in [0.1, 0.15) is 45.4 Å². The van der Waals surface area contributed by atoms with Gasteiger partial charge in [-0.25, -0.2) is 8.42 Å². The molecule has 0 saturated heterocycles. The Labute approximate surface area is 209 Å². The fourth-order valence-electron chi connectivity index (χ4n) is 5.01. The van der Waals surface area contributed by atoms with Crippen molar-refractivity contribution in [1.29, 1.82) is 0 Å². The van der Waals surface area contributed by atoms with E-state index in [1.54, 1.807) is 13.8 Å². The van der Waals surface area contributed by atoms with E-state index in [1.807, 2.05) is 43.3 Å². The number of fused-ring (bicyclic) bond motifs is 1. The van der Waals surface area contributed by atoms with Gasteiger partial charge in [-0.15, -0.1) is 0 Å². The van der Waals surface area contributed by atoms with Gasteiger partial charge in [-0.1, -0.05) is 54.1 Å². The molecule has 0 spiro atoms. The number of halogens is 3. The molecular weight excluding hydrogens is 487 g/mol. The molecule has 4 rings (SSSR count). The van der Waals surface area contributed by atoms with Crippen molar-refractivity contribution in [3.8, 4) is 0 Å². The number of hydrogen-bond acceptors (Lipinski definition) is 3. The maximum Gasteiger partial charge on any atom is 0.416 e. The summed E-state index contributed by atoms with van der Waals surface area (Å²) >= 11 is 0. The number of hydrogen-bond donors (Lipinski definition) is 0. The average molecular weight is 516 g/mol. The van der Waals surface area contributed by atoms with Crippen LogP contribution in [0.3, 0.4) is 0 Å². The van der Waals surface area contributed by atoms with Crippen molar-refractivity contribution in [2.75, 3.05) is 0 Å². The van der Waals surface area contributed by atoms with Gasteiger partial charge in [-0.05, 0) is 73.6 Å². The number of sulfonamides is 1. The molecule has 0 N–H and O–H groups in total. The number of alkyl halides is 3. The van der Waals surface area contributed by atoms with Crippen LogP contribution in [-0.4, -0.2) is 24.5 Å². The van der Waals surface area contributed by atoms with Crippen molar-refractivity contribution in [3.05, 3.63) is 99.6 Å². The summed E-state index contributed by atoms with van der Waals surface area (Å²) in [5.74, 6) is -0.254. The molecule has 1 heterocycles. The molecule has 1 aliphatic heterocycles. The van der Waals surface area contributed by atoms with E-state index in [0.29, 0.717) is 16.7 Å². The number of carbonyl (C=O) groups excluding carboxylic acids is 1. The second kappa shape index (κ2) is 9.82. The predicted octanol–water partition coefficient (Wildman–Crippen LogP) is 5.95. The Morgan fingerprint density at radius 3 is 2.11 bits per heavy atom. The van der Waals surface area contributed by atoms with E-state index >= 15 is 0 Å². The summed E-state index contributed by atoms with van der Waals surface area (Å²) in [7, 11) is -3.99. The van der Waals surface area contributed by atoms with Crippen LogP contribution in [0.25, 0.3) is 0 Å². The van der Waals surface area contributed by atoms with E-state index in [9.17, 15) is 26.4 Å². The predicted molar refractivity (Wildman–Crippen MR) is 132 cm³/mol. The molecule has 1 aliphatic rings. The van der Waals surface area contributed by atoms with Gasteiger partial charge in [0.25, 0.3) is 0 Å². The van der Waals surface area contributed by atoms with E-state index in [1.165, 1.54) is 16.4 Å². The third kappa shape index (κ3) is 5.25. The molecule has 0 fully saturated rings. The highest BCUT2D eigenvalue weighted by molar-refractivity contribution is 7.89. The van der Waals surface area contributed by atoms with Gasteiger partial charge in [0, 0.05) is 13.0 Å². The van der Waals surface area contributed by atoms with E-state index in [2.05, 4.69) is 0 Å². The Morgan fingerprint density at radius 2 is 1.53 bits per heavy atom. The zero-order valence-electron chi connectivity index (χ0n) is 20.4. The van der Waals surface area contributed by atoms with Crippen molar-refractivity contribution in [2.45, 2.75) is 63.7 Å². The molecule has 1 atom stereocenters. The minimum Gasteiger partial charge on any atom is -0.298 e. The number of carbonyl (C=O) groups is 1. The topological polar surface area (TPSA) is 54.5 Å². The number of aryl methyl sites for hydroxylation is 4. The molecule has 0 aliphatic carbocycles. The van der Waals surface area contributed by atoms with Crippen LogP contribution < -0.4 is 0 Å². The summed E-state index contributed by atoms with van der Waals surface area (Å²) < 4.78 is 67.7. The quantitative estimate of drug-likeness (QED) is 0.408. The van der Waals surface area contributed by atoms with Crippen LogP contribution in [-0.2, 0) is 40.4 Å². The Morgan fingerprint density at radius 1 is 0.944 bits per heavy atom. The SMILES string of the molecule is Cc1cc(C)c(S(=O)(=O)N2Cc3ccccc3CC2C(=O)CCc2ccc(C(F)(F)F)cc2)c(C)c1. The molecule has 1 unspecified atom stereocenters. The lowest BCUT2D eigenvalue weighted by Crippen LogP contribution is -2.48. The molecular formula is C28H28F3NO3S. The van der Waals surface area contributed by atoms with Gasteiger partial charge in [0.15, 0.2) is 5.78 Å². The van der Waals surface area contributed by atoms with Crippen LogP contribution in [0, 0.1) is 20.8 Å². The van der Waals surface area contributed by atoms with Gasteiger partial charge < -0.3 is 0 Å². The first kappa shape index (κ1) is 26.1. The summed E-state index contributed by atoms with van der Waals surface area (Å²) in [6.45, 7) is 5.50. The zero-order chi connectivity index (χ0) is 26.3. The van der Waals surface area contributed by atoms with Crippen LogP contribution in [0.2, 0.25) is 0 Å². The summed E-state index contributed by atoms with van der Waals surface area (Å²) in [4.78, 5) is 13.6. The Kier molecular flexibility index (Phi) is 7.12. The molecule has 0 bridgehead atoms. The second-order valence-corrected chi connectivity index (χ2v) is 11.3. The summed E-state index contributed by atoms with van der Waals surface area (Å²) in [6.07, 6.45) is -3.92. The zero-order valence-corrected chi connectivity index (χ0v) is 21.2. The normalized spacial score (nSPS) is 16.6. The molecule has 0 aromatic heterocycles. The van der Waals surface area contributed by atoms with Gasteiger partial charge in [-0.3, -0.25) is 4.79 Å². The molecule has 4 nitrogen and oxygen atoms in total. The molecule has 8 heteroatoms. The molecule has 0 radical (unpaired) electrons. The fraction of sp³-hybridized carbons (Fsp3) is 0.321. The van der Waals surface area contributed by atoms with Gasteiger partial charge in [0.05, 0.1) is 16.5 Å². The van der Waals surface area contributed by atoms with Gasteiger partial charge in [0.2, 0.25) is 10.0 Å². The minimum atomic E-state index is -4.43. The van der Waals surface area contributed by atoms with Gasteiger partial charge >= 0.3 is 6.18 Å². The molecule has 190 valence electrons. The maximum atomic E-state index is 13.9. The smallest absolute Gasteiger partial charge is 0.298 e. The van der Waals surface area contributed by atoms with Crippen molar-refractivity contribution in [3.63, 3.8) is 0 Å². The highest BCUT2D eigenvalue weighted by Crippen LogP contribution is 2.33. The lowest BCUT2D eigenvalue weighted by Gasteiger charge is -2.36. The highest BCUT2D eigenvalue weighted by atomic mass is 32.2. The van der Waals surface area contributed by atoms with Crippen LogP contribution in [0.5, 0.6) is 0 Å². The largest absolute Gasteiger partial charge is 0.416 e. The lowest BCUT2D eigenvalue weighted by molar-refractivity contribution is -0.137. The fourth-order valence-corrected chi connectivity index (χ4v) is 7.01. The van der Waals surface area contributed by atoms with Crippen molar-refractivity contribution >= 4 is 15.8 Å². The summed E-state index contributed by atoms with van der Waals surface area (Å²) in [5, 5.41) is 0. The lowest BCUT2D eigenvalue weighted by atomic mass is 9.91. The average Bonchev–Trinajstić information content (AvgIpc) is 2.80. The van der Waals surface area contributed by atoms with Crippen molar-refractivity contribution in [2.24, 2.45) is 0 Å². The first-order valence-electron chi connectivity index (χ1n) is 11.7. The molecule has 0 saturated carbocycles. The first-order chi connectivity index (χ1) is 16.9. The number of benzene rings is 3. The summed E-state index contributed by atoms with van der Waals surface area (Å²) in [5.41, 5.74) is 3.83. The standard InChI is InChI=1S/C28H28F3NO3S/c1-18-14-19(2)27(20(3)15-18)36(34,35)32-17-23-7-5-4-6-22(23)16-25(32)26(33)13-10-21-8-11-24(12-9-21)28(29,30)31/h4-9,11-12,14-15,25H,10,13,16-17H2,1-3H3. The first-order valence-corrected chi connectivity index (χ1v) is 13.2. The number of Topliss-reactive ketones (excluding diaryl/α,β-unsaturated/α-hetero) is 1. The highest BCUT2D eigenvalue weighted by Gasteiger charge is 2.40. The molecule has 0 amide bonds. The Balaban J connectivity index is 1.64. The van der Waals surface area contributed by atoms with E-state index in [-0.39, 0.29) is 36.5 Å². The summed E-state index contributed by atoms with van der Waals surface area (Å²) in [6, 6.07) is 14.9. The number of rotatable bonds is 6. The maximum absolute atomic E-state index is 13.9. The number of nitrogens with zero attached hydrogens (tertiary/aromatic N) is 1. The van der Waals surface area contributed by atoms with Gasteiger partial charge in [-0.2, -0.15) is 17.5 Å². The molecule has 36 heavy (non-hydrogen) atoms. The number of ketones is 1. The van der Waals surface area contributed by atoms with Crippen LogP contribution in [0.15, 0.2) is 65.6 Å². The van der Waals surface area contributed by atoms with Crippen LogP contribution >= 0.6 is 0 Å². The molecule has 3 aromatic carbocycles. The van der Waals surface area contributed by atoms with E-state index in [4.69, 9.17) is 0 Å². The third-order valence-electron chi connectivity index (χ3n) is 6.69. The Hall–Kier alpha value is -2.97. The molecule has 3 aromatic rings.